The first-order valence-electron chi connectivity index (χ1n) is 5.68. The number of fused-ring (bicyclic) bond motifs is 1. The Balaban J connectivity index is 0. The second-order valence-corrected chi connectivity index (χ2v) is 4.93. The summed E-state index contributed by atoms with van der Waals surface area (Å²) in [5.74, 6) is 0.605. The summed E-state index contributed by atoms with van der Waals surface area (Å²) < 4.78 is 0. The van der Waals surface area contributed by atoms with E-state index in [1.165, 1.54) is 33.0 Å². The average Bonchev–Trinajstić information content (AvgIpc) is 2.41. The van der Waals surface area contributed by atoms with Crippen molar-refractivity contribution in [3.8, 4) is 0 Å². The van der Waals surface area contributed by atoms with Crippen LogP contribution in [0.3, 0.4) is 0 Å². The van der Waals surface area contributed by atoms with Crippen LogP contribution in [0.1, 0.15) is 42.0 Å². The van der Waals surface area contributed by atoms with Crippen LogP contribution in [0.25, 0.3) is 10.8 Å². The quantitative estimate of drug-likeness (QED) is 0.549. The van der Waals surface area contributed by atoms with Crippen LogP contribution >= 0.6 is 0 Å². The molecule has 18 heavy (non-hydrogen) atoms. The standard InChI is InChI=1S/C15H19.2ClH.Zr/c1-9(2)14-7-10(3)6-13-8-11(4)12(5)15(13)14;;;/h6-9H,1-5H3;2*1H;/q-1;;;+3/p-2. The molecule has 2 aromatic rings. The van der Waals surface area contributed by atoms with Gasteiger partial charge in [-0.05, 0) is 12.8 Å². The Kier molecular flexibility index (Phi) is 8.91. The molecule has 3 heteroatoms. The Morgan fingerprint density at radius 2 is 1.56 bits per heavy atom. The molecule has 0 spiro atoms. The SMILES string of the molecule is Cc1cc(C(C)C)c2c(C)c(C)[cH-]c2c1.[Cl-].[Cl-].[Zr+3]. The molecule has 2 aromatic carbocycles. The third-order valence-corrected chi connectivity index (χ3v) is 3.30. The van der Waals surface area contributed by atoms with Crippen LogP contribution in [0.15, 0.2) is 18.2 Å². The molecule has 0 aliphatic rings. The molecule has 0 saturated heterocycles. The molecule has 0 bridgehead atoms. The van der Waals surface area contributed by atoms with Gasteiger partial charge in [0.05, 0.1) is 0 Å². The van der Waals surface area contributed by atoms with Crippen molar-refractivity contribution in [1.82, 2.24) is 0 Å². The number of rotatable bonds is 1. The van der Waals surface area contributed by atoms with Gasteiger partial charge in [0.15, 0.2) is 0 Å². The van der Waals surface area contributed by atoms with Gasteiger partial charge in [0.25, 0.3) is 0 Å². The molecular weight excluding hydrogens is 342 g/mol. The summed E-state index contributed by atoms with van der Waals surface area (Å²) in [5.41, 5.74) is 5.73. The fourth-order valence-corrected chi connectivity index (χ4v) is 2.38. The predicted octanol–water partition coefficient (Wildman–Crippen LogP) is -1.39. The third-order valence-electron chi connectivity index (χ3n) is 3.30. The molecule has 1 radical (unpaired) electrons. The van der Waals surface area contributed by atoms with Crippen LogP contribution in [0.4, 0.5) is 0 Å². The van der Waals surface area contributed by atoms with E-state index in [0.29, 0.717) is 5.92 Å². The molecule has 0 nitrogen and oxygen atoms in total. The average molecular weight is 361 g/mol. The van der Waals surface area contributed by atoms with Gasteiger partial charge in [-0.25, -0.2) is 0 Å². The van der Waals surface area contributed by atoms with E-state index in [0.717, 1.165) is 0 Å². The van der Waals surface area contributed by atoms with Crippen LogP contribution in [0.5, 0.6) is 0 Å². The van der Waals surface area contributed by atoms with Crippen LogP contribution < -0.4 is 24.8 Å². The molecule has 0 atom stereocenters. The molecule has 0 amide bonds. The molecule has 0 unspecified atom stereocenters. The topological polar surface area (TPSA) is 0 Å². The molecule has 0 saturated carbocycles. The summed E-state index contributed by atoms with van der Waals surface area (Å²) >= 11 is 0. The predicted molar refractivity (Wildman–Crippen MR) is 67.8 cm³/mol. The van der Waals surface area contributed by atoms with Crippen LogP contribution in [-0.2, 0) is 26.2 Å². The summed E-state index contributed by atoms with van der Waals surface area (Å²) in [6.45, 7) is 11.2. The van der Waals surface area contributed by atoms with Crippen molar-refractivity contribution in [2.45, 2.75) is 40.5 Å². The van der Waals surface area contributed by atoms with Gasteiger partial charge >= 0.3 is 26.2 Å². The van der Waals surface area contributed by atoms with Crippen LogP contribution in [0.2, 0.25) is 0 Å². The first-order chi connectivity index (χ1) is 7.00. The van der Waals surface area contributed by atoms with Gasteiger partial charge in [0.1, 0.15) is 0 Å². The largest absolute Gasteiger partial charge is 3.00 e. The maximum Gasteiger partial charge on any atom is 3.00 e. The monoisotopic (exact) mass is 359 g/mol. The number of halogens is 2. The zero-order valence-electron chi connectivity index (χ0n) is 11.6. The van der Waals surface area contributed by atoms with Gasteiger partial charge in [-0.3, -0.25) is 0 Å². The number of hydrogen-bond acceptors (Lipinski definition) is 0. The zero-order chi connectivity index (χ0) is 11.2. The van der Waals surface area contributed by atoms with Gasteiger partial charge in [-0.2, -0.15) is 5.56 Å². The van der Waals surface area contributed by atoms with E-state index in [9.17, 15) is 0 Å². The Morgan fingerprint density at radius 3 is 2.06 bits per heavy atom. The van der Waals surface area contributed by atoms with E-state index in [1.807, 2.05) is 0 Å². The van der Waals surface area contributed by atoms with E-state index in [1.54, 1.807) is 0 Å². The Morgan fingerprint density at radius 1 is 1.00 bits per heavy atom. The maximum absolute atomic E-state index is 2.33. The Bertz CT molecular complexity index is 513. The van der Waals surface area contributed by atoms with Crippen molar-refractivity contribution in [3.05, 3.63) is 40.5 Å². The molecule has 0 heterocycles. The van der Waals surface area contributed by atoms with Crippen LogP contribution in [0, 0.1) is 20.8 Å². The van der Waals surface area contributed by atoms with E-state index < -0.39 is 0 Å². The van der Waals surface area contributed by atoms with E-state index in [-0.39, 0.29) is 51.0 Å². The molecular formula is C15H19Cl2Zr. The van der Waals surface area contributed by atoms with Crippen molar-refractivity contribution < 1.29 is 51.0 Å². The first-order valence-corrected chi connectivity index (χ1v) is 5.68. The van der Waals surface area contributed by atoms with Gasteiger partial charge in [0.2, 0.25) is 0 Å². The number of aryl methyl sites for hydroxylation is 3. The number of benzene rings is 1. The summed E-state index contributed by atoms with van der Waals surface area (Å²) in [6, 6.07) is 6.93. The van der Waals surface area contributed by atoms with E-state index >= 15 is 0 Å². The summed E-state index contributed by atoms with van der Waals surface area (Å²) in [6.07, 6.45) is 0. The summed E-state index contributed by atoms with van der Waals surface area (Å²) in [4.78, 5) is 0. The molecule has 0 N–H and O–H groups in total. The molecule has 2 rings (SSSR count). The normalized spacial score (nSPS) is 9.67. The molecule has 0 aromatic heterocycles. The maximum atomic E-state index is 2.33. The second kappa shape index (κ2) is 7.78. The van der Waals surface area contributed by atoms with Gasteiger partial charge in [-0.15, -0.1) is 28.5 Å². The minimum absolute atomic E-state index is 0. The minimum atomic E-state index is 0. The fraction of sp³-hybridized carbons (Fsp3) is 0.400. The second-order valence-electron chi connectivity index (χ2n) is 4.93. The van der Waals surface area contributed by atoms with Crippen molar-refractivity contribution >= 4 is 10.8 Å². The third kappa shape index (κ3) is 3.65. The van der Waals surface area contributed by atoms with Crippen LogP contribution in [-0.4, -0.2) is 0 Å². The van der Waals surface area contributed by atoms with Gasteiger partial charge < -0.3 is 24.8 Å². The fourth-order valence-electron chi connectivity index (χ4n) is 2.38. The van der Waals surface area contributed by atoms with Crippen molar-refractivity contribution in [2.75, 3.05) is 0 Å². The number of hydrogen-bond donors (Lipinski definition) is 0. The van der Waals surface area contributed by atoms with Crippen molar-refractivity contribution in [1.29, 1.82) is 0 Å². The van der Waals surface area contributed by atoms with E-state index in [2.05, 4.69) is 52.8 Å². The van der Waals surface area contributed by atoms with Gasteiger partial charge in [-0.1, -0.05) is 44.9 Å². The Hall–Kier alpha value is 0.293. The molecule has 0 fully saturated rings. The van der Waals surface area contributed by atoms with Crippen molar-refractivity contribution in [3.63, 3.8) is 0 Å². The van der Waals surface area contributed by atoms with E-state index in [4.69, 9.17) is 0 Å². The molecule has 0 aliphatic heterocycles. The van der Waals surface area contributed by atoms with Crippen molar-refractivity contribution in [2.24, 2.45) is 0 Å². The first kappa shape index (κ1) is 20.6. The summed E-state index contributed by atoms with van der Waals surface area (Å²) in [7, 11) is 0. The zero-order valence-corrected chi connectivity index (χ0v) is 15.5. The minimum Gasteiger partial charge on any atom is -1.00 e. The smallest absolute Gasteiger partial charge is 1.00 e. The Labute approximate surface area is 142 Å². The van der Waals surface area contributed by atoms with Gasteiger partial charge in [0, 0.05) is 0 Å². The summed E-state index contributed by atoms with van der Waals surface area (Å²) in [5, 5.41) is 2.89. The molecule has 97 valence electrons. The molecule has 0 aliphatic carbocycles.